The van der Waals surface area contributed by atoms with Crippen molar-refractivity contribution in [2.45, 2.75) is 6.18 Å². The first kappa shape index (κ1) is 17.1. The lowest BCUT2D eigenvalue weighted by molar-refractivity contribution is -0.137. The minimum absolute atomic E-state index is 0.337. The molecule has 1 N–H and O–H groups in total. The average Bonchev–Trinajstić information content (AvgIpc) is 2.45. The fourth-order valence-corrected chi connectivity index (χ4v) is 1.94. The molecule has 0 unspecified atom stereocenters. The van der Waals surface area contributed by atoms with Crippen LogP contribution >= 0.6 is 11.6 Å². The maximum atomic E-state index is 13.5. The number of amides is 1. The molecule has 0 saturated heterocycles. The van der Waals surface area contributed by atoms with Crippen LogP contribution in [-0.4, -0.2) is 5.91 Å². The normalized spacial score (nSPS) is 11.4. The van der Waals surface area contributed by atoms with Crippen molar-refractivity contribution in [2.24, 2.45) is 0 Å². The van der Waals surface area contributed by atoms with Crippen LogP contribution in [0.25, 0.3) is 0 Å². The van der Waals surface area contributed by atoms with E-state index in [9.17, 15) is 31.1 Å². The summed E-state index contributed by atoms with van der Waals surface area (Å²) < 4.78 is 77.4. The van der Waals surface area contributed by atoms with Crippen LogP contribution < -0.4 is 5.32 Å². The summed E-state index contributed by atoms with van der Waals surface area (Å²) in [5.74, 6) is -6.33. The predicted octanol–water partition coefficient (Wildman–Crippen LogP) is 5.03. The van der Waals surface area contributed by atoms with Crippen molar-refractivity contribution in [1.29, 1.82) is 0 Å². The molecule has 0 saturated carbocycles. The Morgan fingerprint density at radius 3 is 2.26 bits per heavy atom. The molecule has 2 aromatic rings. The predicted molar refractivity (Wildman–Crippen MR) is 70.7 cm³/mol. The largest absolute Gasteiger partial charge is 0.417 e. The van der Waals surface area contributed by atoms with Crippen LogP contribution in [0, 0.1) is 17.5 Å². The Morgan fingerprint density at radius 1 is 1.00 bits per heavy atom. The molecule has 0 fully saturated rings. The van der Waals surface area contributed by atoms with E-state index in [2.05, 4.69) is 0 Å². The highest BCUT2D eigenvalue weighted by atomic mass is 35.5. The molecule has 0 aliphatic heterocycles. The van der Waals surface area contributed by atoms with E-state index < -0.39 is 45.7 Å². The number of anilines is 1. The third kappa shape index (κ3) is 3.58. The number of hydrogen-bond acceptors (Lipinski definition) is 1. The van der Waals surface area contributed by atoms with Crippen LogP contribution in [0.15, 0.2) is 30.3 Å². The molecule has 0 radical (unpaired) electrons. The van der Waals surface area contributed by atoms with E-state index in [0.717, 1.165) is 12.1 Å². The molecule has 122 valence electrons. The van der Waals surface area contributed by atoms with E-state index in [0.29, 0.717) is 18.2 Å². The molecule has 0 aliphatic rings. The van der Waals surface area contributed by atoms with Crippen LogP contribution in [-0.2, 0) is 6.18 Å². The first-order valence-electron chi connectivity index (χ1n) is 5.93. The van der Waals surface area contributed by atoms with Crippen LogP contribution in [0.5, 0.6) is 0 Å². The molecule has 9 heteroatoms. The molecule has 2 aromatic carbocycles. The topological polar surface area (TPSA) is 29.1 Å². The smallest absolute Gasteiger partial charge is 0.322 e. The van der Waals surface area contributed by atoms with Crippen molar-refractivity contribution in [3.05, 3.63) is 63.9 Å². The van der Waals surface area contributed by atoms with Gasteiger partial charge in [-0.15, -0.1) is 0 Å². The lowest BCUT2D eigenvalue weighted by Gasteiger charge is -2.12. The summed E-state index contributed by atoms with van der Waals surface area (Å²) in [5, 5.41) is 1.37. The third-order valence-corrected chi connectivity index (χ3v) is 3.14. The fraction of sp³-hybridized carbons (Fsp3) is 0.0714. The summed E-state index contributed by atoms with van der Waals surface area (Å²) in [6, 6.07) is 3.67. The van der Waals surface area contributed by atoms with Gasteiger partial charge in [0, 0.05) is 5.69 Å². The summed E-state index contributed by atoms with van der Waals surface area (Å²) in [7, 11) is 0. The minimum atomic E-state index is -4.76. The summed E-state index contributed by atoms with van der Waals surface area (Å²) in [6.45, 7) is 0. The summed E-state index contributed by atoms with van der Waals surface area (Å²) >= 11 is 5.41. The van der Waals surface area contributed by atoms with Crippen molar-refractivity contribution in [3.63, 3.8) is 0 Å². The molecule has 0 bridgehead atoms. The highest BCUT2D eigenvalue weighted by Crippen LogP contribution is 2.36. The molecule has 2 rings (SSSR count). The molecule has 0 aromatic heterocycles. The number of alkyl halides is 3. The molecule has 0 spiro atoms. The maximum absolute atomic E-state index is 13.5. The Hall–Kier alpha value is -2.22. The molecular formula is C14H6ClF6NO. The molecule has 23 heavy (non-hydrogen) atoms. The van der Waals surface area contributed by atoms with Gasteiger partial charge in [0.25, 0.3) is 5.91 Å². The van der Waals surface area contributed by atoms with Gasteiger partial charge in [0.05, 0.1) is 16.1 Å². The Bertz CT molecular complexity index is 775. The van der Waals surface area contributed by atoms with Crippen LogP contribution in [0.2, 0.25) is 5.02 Å². The third-order valence-electron chi connectivity index (χ3n) is 2.81. The van der Waals surface area contributed by atoms with E-state index >= 15 is 0 Å². The van der Waals surface area contributed by atoms with E-state index in [1.54, 1.807) is 0 Å². The van der Waals surface area contributed by atoms with Gasteiger partial charge in [-0.1, -0.05) is 11.6 Å². The Kier molecular flexibility index (Phi) is 4.56. The van der Waals surface area contributed by atoms with Crippen molar-refractivity contribution in [2.75, 3.05) is 5.32 Å². The van der Waals surface area contributed by atoms with Gasteiger partial charge in [-0.3, -0.25) is 4.79 Å². The van der Waals surface area contributed by atoms with Gasteiger partial charge in [0.15, 0.2) is 17.5 Å². The first-order chi connectivity index (χ1) is 10.6. The Labute approximate surface area is 130 Å². The SMILES string of the molecule is O=C(Nc1ccc(Cl)c(C(F)(F)F)c1)c1ccc(F)c(F)c1F. The number of nitrogens with one attached hydrogen (secondary N) is 1. The lowest BCUT2D eigenvalue weighted by Crippen LogP contribution is -2.16. The van der Waals surface area contributed by atoms with Gasteiger partial charge >= 0.3 is 6.18 Å². The zero-order valence-corrected chi connectivity index (χ0v) is 11.7. The molecule has 1 amide bonds. The van der Waals surface area contributed by atoms with E-state index in [4.69, 9.17) is 11.6 Å². The Balaban J connectivity index is 2.33. The second-order valence-electron chi connectivity index (χ2n) is 4.37. The number of carbonyl (C=O) groups is 1. The Morgan fingerprint density at radius 2 is 1.65 bits per heavy atom. The van der Waals surface area contributed by atoms with Gasteiger partial charge in [-0.2, -0.15) is 13.2 Å². The lowest BCUT2D eigenvalue weighted by atomic mass is 10.1. The average molecular weight is 354 g/mol. The molecular weight excluding hydrogens is 348 g/mol. The summed E-state index contributed by atoms with van der Waals surface area (Å²) in [6.07, 6.45) is -4.76. The number of halogens is 7. The van der Waals surface area contributed by atoms with E-state index in [1.807, 2.05) is 5.32 Å². The number of hydrogen-bond donors (Lipinski definition) is 1. The summed E-state index contributed by atoms with van der Waals surface area (Å²) in [5.41, 5.74) is -2.40. The second-order valence-corrected chi connectivity index (χ2v) is 4.78. The summed E-state index contributed by atoms with van der Waals surface area (Å²) in [4.78, 5) is 11.8. The standard InChI is InChI=1S/C14H6ClF6NO/c15-9-3-1-6(5-8(9)14(19,20)21)22-13(23)7-2-4-10(16)12(18)11(7)17/h1-5H,(H,22,23). The quantitative estimate of drug-likeness (QED) is 0.595. The van der Waals surface area contributed by atoms with Crippen LogP contribution in [0.4, 0.5) is 32.0 Å². The molecule has 2 nitrogen and oxygen atoms in total. The number of benzene rings is 2. The molecule has 0 aliphatic carbocycles. The highest BCUT2D eigenvalue weighted by Gasteiger charge is 2.33. The number of carbonyl (C=O) groups excluding carboxylic acids is 1. The van der Waals surface area contributed by atoms with Crippen molar-refractivity contribution in [3.8, 4) is 0 Å². The highest BCUT2D eigenvalue weighted by molar-refractivity contribution is 6.31. The van der Waals surface area contributed by atoms with Crippen LogP contribution in [0.1, 0.15) is 15.9 Å². The minimum Gasteiger partial charge on any atom is -0.322 e. The van der Waals surface area contributed by atoms with Gasteiger partial charge in [-0.25, -0.2) is 13.2 Å². The van der Waals surface area contributed by atoms with Gasteiger partial charge in [0.2, 0.25) is 0 Å². The van der Waals surface area contributed by atoms with E-state index in [1.165, 1.54) is 0 Å². The van der Waals surface area contributed by atoms with E-state index in [-0.39, 0.29) is 5.69 Å². The second kappa shape index (κ2) is 6.11. The maximum Gasteiger partial charge on any atom is 0.417 e. The zero-order chi connectivity index (χ0) is 17.4. The van der Waals surface area contributed by atoms with Crippen LogP contribution in [0.3, 0.4) is 0 Å². The van der Waals surface area contributed by atoms with Crippen molar-refractivity contribution < 1.29 is 31.1 Å². The first-order valence-corrected chi connectivity index (χ1v) is 6.30. The van der Waals surface area contributed by atoms with Gasteiger partial charge in [0.1, 0.15) is 0 Å². The fourth-order valence-electron chi connectivity index (χ4n) is 1.72. The number of rotatable bonds is 2. The van der Waals surface area contributed by atoms with Gasteiger partial charge in [-0.05, 0) is 30.3 Å². The van der Waals surface area contributed by atoms with Crippen molar-refractivity contribution >= 4 is 23.2 Å². The molecule has 0 heterocycles. The zero-order valence-electron chi connectivity index (χ0n) is 10.9. The van der Waals surface area contributed by atoms with Crippen molar-refractivity contribution in [1.82, 2.24) is 0 Å². The molecule has 0 atom stereocenters. The monoisotopic (exact) mass is 353 g/mol. The van der Waals surface area contributed by atoms with Gasteiger partial charge < -0.3 is 5.32 Å².